The van der Waals surface area contributed by atoms with Gasteiger partial charge in [0.05, 0.1) is 12.8 Å². The third-order valence-electron chi connectivity index (χ3n) is 1.69. The van der Waals surface area contributed by atoms with Crippen molar-refractivity contribution in [1.82, 2.24) is 5.32 Å². The topological polar surface area (TPSA) is 86.4 Å². The number of amidine groups is 1. The van der Waals surface area contributed by atoms with E-state index < -0.39 is 0 Å². The molecule has 0 bridgehead atoms. The number of amides is 1. The van der Waals surface area contributed by atoms with Gasteiger partial charge in [0.1, 0.15) is 5.57 Å². The monoisotopic (exact) mass is 212 g/mol. The third-order valence-corrected chi connectivity index (χ3v) is 2.64. The number of nitrogens with zero attached hydrogens (tertiary/aromatic N) is 3. The van der Waals surface area contributed by atoms with Crippen LogP contribution < -0.4 is 5.32 Å². The molecular formula is C7H8N4O2S. The molecule has 0 aliphatic carbocycles. The van der Waals surface area contributed by atoms with E-state index >= 15 is 0 Å². The Morgan fingerprint density at radius 1 is 1.64 bits per heavy atom. The molecule has 2 N–H and O–H groups in total. The van der Waals surface area contributed by atoms with Gasteiger partial charge in [-0.15, -0.1) is 16.9 Å². The molecule has 0 aromatic heterocycles. The van der Waals surface area contributed by atoms with Crippen molar-refractivity contribution < 1.29 is 9.90 Å². The Balaban J connectivity index is 2.10. The van der Waals surface area contributed by atoms with E-state index in [-0.39, 0.29) is 18.0 Å². The Labute approximate surface area is 84.2 Å². The molecule has 2 heterocycles. The largest absolute Gasteiger partial charge is 0.396 e. The lowest BCUT2D eigenvalue weighted by molar-refractivity contribution is -0.117. The Morgan fingerprint density at radius 2 is 2.50 bits per heavy atom. The number of aliphatic hydroxyl groups excluding tert-OH is 1. The maximum Gasteiger partial charge on any atom is 0.259 e. The van der Waals surface area contributed by atoms with Crippen LogP contribution in [0.25, 0.3) is 0 Å². The molecule has 1 amide bonds. The van der Waals surface area contributed by atoms with Crippen molar-refractivity contribution in [3.8, 4) is 0 Å². The lowest BCUT2D eigenvalue weighted by atomic mass is 10.2. The number of fused-ring (bicyclic) bond motifs is 1. The zero-order chi connectivity index (χ0) is 9.97. The van der Waals surface area contributed by atoms with Crippen LogP contribution in [0.1, 0.15) is 0 Å². The minimum absolute atomic E-state index is 0.0616. The fourth-order valence-corrected chi connectivity index (χ4v) is 1.78. The first kappa shape index (κ1) is 9.35. The molecule has 0 spiro atoms. The highest BCUT2D eigenvalue weighted by Crippen LogP contribution is 2.20. The van der Waals surface area contributed by atoms with Crippen LogP contribution in [-0.2, 0) is 4.79 Å². The molecule has 6 nitrogen and oxygen atoms in total. The molecule has 1 atom stereocenters. The average Bonchev–Trinajstić information content (AvgIpc) is 2.63. The molecule has 0 aromatic carbocycles. The molecule has 0 saturated carbocycles. The van der Waals surface area contributed by atoms with Gasteiger partial charge in [-0.2, -0.15) is 5.11 Å². The maximum absolute atomic E-state index is 11.4. The van der Waals surface area contributed by atoms with Crippen LogP contribution in [0.2, 0.25) is 0 Å². The van der Waals surface area contributed by atoms with Crippen molar-refractivity contribution in [3.05, 3.63) is 11.8 Å². The number of nitrogens with one attached hydrogen (secondary N) is 1. The molecule has 2 aliphatic rings. The number of hydrogen-bond donors (Lipinski definition) is 2. The average molecular weight is 212 g/mol. The summed E-state index contributed by atoms with van der Waals surface area (Å²) in [5.41, 5.74) is 0.0460. The number of hydrogen-bond acceptors (Lipinski definition) is 6. The summed E-state index contributed by atoms with van der Waals surface area (Å²) in [6, 6.07) is 0. The molecule has 2 rings (SSSR count). The van der Waals surface area contributed by atoms with Crippen molar-refractivity contribution >= 4 is 23.5 Å². The first-order valence-electron chi connectivity index (χ1n) is 4.04. The summed E-state index contributed by atoms with van der Waals surface area (Å²) in [5.74, 6) is 0.692. The number of aliphatic imine (C=N–C) groups is 1. The summed E-state index contributed by atoms with van der Waals surface area (Å²) in [5, 5.41) is 18.6. The van der Waals surface area contributed by atoms with Crippen molar-refractivity contribution in [1.29, 1.82) is 0 Å². The van der Waals surface area contributed by atoms with E-state index in [0.717, 1.165) is 0 Å². The van der Waals surface area contributed by atoms with Gasteiger partial charge in [0.2, 0.25) is 0 Å². The van der Waals surface area contributed by atoms with Gasteiger partial charge in [-0.3, -0.25) is 4.79 Å². The summed E-state index contributed by atoms with van der Waals surface area (Å²) >= 11 is 1.35. The summed E-state index contributed by atoms with van der Waals surface area (Å²) in [6.45, 7) is 0.0616. The van der Waals surface area contributed by atoms with Crippen LogP contribution in [0.5, 0.6) is 0 Å². The van der Waals surface area contributed by atoms with E-state index in [1.807, 2.05) is 0 Å². The second-order valence-corrected chi connectivity index (χ2v) is 3.82. The van der Waals surface area contributed by atoms with Crippen molar-refractivity contribution in [2.24, 2.45) is 15.2 Å². The first-order chi connectivity index (χ1) is 6.81. The lowest BCUT2D eigenvalue weighted by Gasteiger charge is -2.18. The van der Waals surface area contributed by atoms with Crippen molar-refractivity contribution in [2.45, 2.75) is 5.50 Å². The maximum atomic E-state index is 11.4. The minimum atomic E-state index is -0.362. The van der Waals surface area contributed by atoms with E-state index in [0.29, 0.717) is 17.2 Å². The number of carbonyl (C=O) groups excluding carboxylic acids is 1. The first-order valence-corrected chi connectivity index (χ1v) is 5.08. The van der Waals surface area contributed by atoms with Crippen LogP contribution in [-0.4, -0.2) is 34.7 Å². The zero-order valence-corrected chi connectivity index (χ0v) is 7.99. The molecule has 0 aromatic rings. The molecule has 74 valence electrons. The quantitative estimate of drug-likeness (QED) is 0.683. The molecule has 7 heteroatoms. The predicted molar refractivity (Wildman–Crippen MR) is 51.8 cm³/mol. The zero-order valence-electron chi connectivity index (χ0n) is 7.17. The second-order valence-electron chi connectivity index (χ2n) is 2.63. The number of rotatable bonds is 3. The number of carbonyl (C=O) groups is 1. The second kappa shape index (κ2) is 3.89. The number of thioether (sulfide) groups is 1. The van der Waals surface area contributed by atoms with Gasteiger partial charge >= 0.3 is 0 Å². The predicted octanol–water partition coefficient (Wildman–Crippen LogP) is -0.127. The molecule has 1 unspecified atom stereocenters. The van der Waals surface area contributed by atoms with E-state index in [9.17, 15) is 4.79 Å². The fraction of sp³-hybridized carbons (Fsp3) is 0.429. The van der Waals surface area contributed by atoms with Crippen LogP contribution in [0, 0.1) is 0 Å². The molecule has 0 fully saturated rings. The SMILES string of the molecule is O=C1NC(SCCO)N=C2N=NC=C12. The highest BCUT2D eigenvalue weighted by molar-refractivity contribution is 7.99. The van der Waals surface area contributed by atoms with Crippen molar-refractivity contribution in [3.63, 3.8) is 0 Å². The van der Waals surface area contributed by atoms with Gasteiger partial charge in [0.25, 0.3) is 5.91 Å². The molecule has 0 saturated heterocycles. The number of aliphatic hydroxyl groups is 1. The van der Waals surface area contributed by atoms with Crippen LogP contribution in [0.3, 0.4) is 0 Å². The van der Waals surface area contributed by atoms with Gasteiger partial charge < -0.3 is 10.4 Å². The fourth-order valence-electron chi connectivity index (χ4n) is 1.08. The van der Waals surface area contributed by atoms with Gasteiger partial charge in [0, 0.05) is 5.75 Å². The number of azo groups is 1. The third kappa shape index (κ3) is 1.68. The van der Waals surface area contributed by atoms with Crippen LogP contribution >= 0.6 is 11.8 Å². The normalized spacial score (nSPS) is 24.1. The van der Waals surface area contributed by atoms with Crippen LogP contribution in [0.4, 0.5) is 0 Å². The van der Waals surface area contributed by atoms with E-state index in [1.54, 1.807) is 0 Å². The Morgan fingerprint density at radius 3 is 3.29 bits per heavy atom. The van der Waals surface area contributed by atoms with E-state index in [4.69, 9.17) is 5.11 Å². The van der Waals surface area contributed by atoms with Crippen LogP contribution in [0.15, 0.2) is 27.0 Å². The summed E-state index contributed by atoms with van der Waals surface area (Å²) in [4.78, 5) is 15.5. The van der Waals surface area contributed by atoms with Gasteiger partial charge in [-0.05, 0) is 0 Å². The highest BCUT2D eigenvalue weighted by atomic mass is 32.2. The molecule has 14 heavy (non-hydrogen) atoms. The van der Waals surface area contributed by atoms with Crippen molar-refractivity contribution in [2.75, 3.05) is 12.4 Å². The summed E-state index contributed by atoms with van der Waals surface area (Å²) < 4.78 is 0. The molecular weight excluding hydrogens is 204 g/mol. The summed E-state index contributed by atoms with van der Waals surface area (Å²) in [7, 11) is 0. The van der Waals surface area contributed by atoms with E-state index in [1.165, 1.54) is 18.0 Å². The summed E-state index contributed by atoms with van der Waals surface area (Å²) in [6.07, 6.45) is 1.39. The minimum Gasteiger partial charge on any atom is -0.396 e. The Bertz CT molecular complexity index is 350. The van der Waals surface area contributed by atoms with E-state index in [2.05, 4.69) is 20.5 Å². The lowest BCUT2D eigenvalue weighted by Crippen LogP contribution is -2.39. The smallest absolute Gasteiger partial charge is 0.259 e. The van der Waals surface area contributed by atoms with Gasteiger partial charge in [-0.25, -0.2) is 4.99 Å². The Kier molecular flexibility index (Phi) is 2.60. The molecule has 2 aliphatic heterocycles. The molecule has 0 radical (unpaired) electrons. The standard InChI is InChI=1S/C7H8N4O2S/c12-1-2-14-7-9-5-4(3-8-11-5)6(13)10-7/h3,7,12H,1-2H2,(H,10,13). The van der Waals surface area contributed by atoms with Gasteiger partial charge in [0.15, 0.2) is 11.3 Å². The van der Waals surface area contributed by atoms with Gasteiger partial charge in [-0.1, -0.05) is 0 Å². The Hall–Kier alpha value is -1.21. The highest BCUT2D eigenvalue weighted by Gasteiger charge is 2.28.